The molecule has 0 unspecified atom stereocenters. The van der Waals surface area contributed by atoms with Gasteiger partial charge in [0.25, 0.3) is 5.91 Å². The fourth-order valence-corrected chi connectivity index (χ4v) is 3.63. The van der Waals surface area contributed by atoms with Crippen LogP contribution in [0.25, 0.3) is 22.3 Å². The number of benzene rings is 2. The van der Waals surface area contributed by atoms with Crippen molar-refractivity contribution >= 4 is 16.7 Å². The SMILES string of the molecule is CCOc1ccc2ccccc2c1C(=O)N1CC(c2nc(-c3cnccn3)no2)C1. The number of hydrogen-bond acceptors (Lipinski definition) is 7. The molecule has 8 heteroatoms. The lowest BCUT2D eigenvalue weighted by atomic mass is 9.96. The highest BCUT2D eigenvalue weighted by atomic mass is 16.5. The van der Waals surface area contributed by atoms with E-state index in [2.05, 4.69) is 20.1 Å². The average Bonchev–Trinajstić information content (AvgIpc) is 3.23. The van der Waals surface area contributed by atoms with Gasteiger partial charge >= 0.3 is 0 Å². The third-order valence-corrected chi connectivity index (χ3v) is 5.16. The summed E-state index contributed by atoms with van der Waals surface area (Å²) in [5, 5.41) is 5.88. The van der Waals surface area contributed by atoms with Crippen molar-refractivity contribution in [3.05, 3.63) is 66.4 Å². The van der Waals surface area contributed by atoms with Gasteiger partial charge in [0.05, 0.1) is 24.3 Å². The molecule has 0 aliphatic carbocycles. The molecule has 5 rings (SSSR count). The van der Waals surface area contributed by atoms with Gasteiger partial charge in [0, 0.05) is 25.5 Å². The Hall–Kier alpha value is -3.81. The highest BCUT2D eigenvalue weighted by Gasteiger charge is 2.37. The van der Waals surface area contributed by atoms with E-state index in [9.17, 15) is 4.79 Å². The lowest BCUT2D eigenvalue weighted by Crippen LogP contribution is -2.48. The summed E-state index contributed by atoms with van der Waals surface area (Å²) in [5.74, 6) is 1.45. The van der Waals surface area contributed by atoms with E-state index in [0.29, 0.717) is 48.4 Å². The fraction of sp³-hybridized carbons (Fsp3) is 0.227. The number of ether oxygens (including phenoxy) is 1. The smallest absolute Gasteiger partial charge is 0.258 e. The third kappa shape index (κ3) is 3.16. The zero-order valence-corrected chi connectivity index (χ0v) is 16.4. The fourth-order valence-electron chi connectivity index (χ4n) is 3.63. The first-order valence-electron chi connectivity index (χ1n) is 9.78. The van der Waals surface area contributed by atoms with E-state index in [1.54, 1.807) is 23.5 Å². The molecule has 30 heavy (non-hydrogen) atoms. The molecule has 1 amide bonds. The number of carbonyl (C=O) groups excluding carboxylic acids is 1. The first-order valence-corrected chi connectivity index (χ1v) is 9.78. The van der Waals surface area contributed by atoms with Crippen molar-refractivity contribution in [3.8, 4) is 17.3 Å². The van der Waals surface area contributed by atoms with E-state index in [4.69, 9.17) is 9.26 Å². The first-order chi connectivity index (χ1) is 14.7. The van der Waals surface area contributed by atoms with E-state index in [1.165, 1.54) is 0 Å². The molecule has 3 heterocycles. The monoisotopic (exact) mass is 401 g/mol. The molecule has 4 aromatic rings. The van der Waals surface area contributed by atoms with Crippen molar-refractivity contribution in [2.24, 2.45) is 0 Å². The second kappa shape index (κ2) is 7.55. The van der Waals surface area contributed by atoms with E-state index >= 15 is 0 Å². The second-order valence-electron chi connectivity index (χ2n) is 7.05. The normalized spacial score (nSPS) is 14.0. The molecule has 1 fully saturated rings. The van der Waals surface area contributed by atoms with Gasteiger partial charge in [-0.05, 0) is 23.8 Å². The summed E-state index contributed by atoms with van der Waals surface area (Å²) < 4.78 is 11.1. The van der Waals surface area contributed by atoms with Gasteiger partial charge in [-0.25, -0.2) is 4.98 Å². The molecule has 1 aliphatic rings. The molecule has 150 valence electrons. The minimum absolute atomic E-state index is 0.00242. The lowest BCUT2D eigenvalue weighted by Gasteiger charge is -2.37. The van der Waals surface area contributed by atoms with Crippen LogP contribution in [0.5, 0.6) is 5.75 Å². The molecular formula is C22H19N5O3. The van der Waals surface area contributed by atoms with Crippen molar-refractivity contribution in [2.75, 3.05) is 19.7 Å². The molecular weight excluding hydrogens is 382 g/mol. The third-order valence-electron chi connectivity index (χ3n) is 5.16. The Kier molecular flexibility index (Phi) is 4.59. The van der Waals surface area contributed by atoms with E-state index in [-0.39, 0.29) is 11.8 Å². The minimum atomic E-state index is -0.0554. The van der Waals surface area contributed by atoms with E-state index in [1.807, 2.05) is 43.3 Å². The van der Waals surface area contributed by atoms with Crippen molar-refractivity contribution in [3.63, 3.8) is 0 Å². The van der Waals surface area contributed by atoms with Crippen LogP contribution in [0.1, 0.15) is 29.1 Å². The van der Waals surface area contributed by atoms with Crippen molar-refractivity contribution in [1.82, 2.24) is 25.0 Å². The Bertz CT molecular complexity index is 1200. The van der Waals surface area contributed by atoms with Crippen LogP contribution >= 0.6 is 0 Å². The molecule has 0 spiro atoms. The maximum Gasteiger partial charge on any atom is 0.258 e. The Morgan fingerprint density at radius 2 is 2.07 bits per heavy atom. The zero-order chi connectivity index (χ0) is 20.5. The van der Waals surface area contributed by atoms with Gasteiger partial charge < -0.3 is 14.2 Å². The minimum Gasteiger partial charge on any atom is -0.493 e. The zero-order valence-electron chi connectivity index (χ0n) is 16.4. The van der Waals surface area contributed by atoms with E-state index in [0.717, 1.165) is 10.8 Å². The van der Waals surface area contributed by atoms with Gasteiger partial charge in [0.1, 0.15) is 11.4 Å². The number of likely N-dealkylation sites (tertiary alicyclic amines) is 1. The van der Waals surface area contributed by atoms with Crippen molar-refractivity contribution in [2.45, 2.75) is 12.8 Å². The Labute approximate surface area is 172 Å². The quantitative estimate of drug-likeness (QED) is 0.506. The van der Waals surface area contributed by atoms with Gasteiger partial charge in [0.2, 0.25) is 11.7 Å². The highest BCUT2D eigenvalue weighted by molar-refractivity contribution is 6.09. The largest absolute Gasteiger partial charge is 0.493 e. The van der Waals surface area contributed by atoms with Gasteiger partial charge in [-0.2, -0.15) is 4.98 Å². The first kappa shape index (κ1) is 18.2. The van der Waals surface area contributed by atoms with E-state index < -0.39 is 0 Å². The lowest BCUT2D eigenvalue weighted by molar-refractivity contribution is 0.0567. The predicted octanol–water partition coefficient (Wildman–Crippen LogP) is 3.32. The summed E-state index contributed by atoms with van der Waals surface area (Å²) in [4.78, 5) is 27.7. The van der Waals surface area contributed by atoms with Crippen LogP contribution in [0.3, 0.4) is 0 Å². The molecule has 0 N–H and O–H groups in total. The molecule has 0 bridgehead atoms. The molecule has 8 nitrogen and oxygen atoms in total. The van der Waals surface area contributed by atoms with Gasteiger partial charge in [-0.15, -0.1) is 0 Å². The number of hydrogen-bond donors (Lipinski definition) is 0. The summed E-state index contributed by atoms with van der Waals surface area (Å²) >= 11 is 0. The predicted molar refractivity (Wildman–Crippen MR) is 109 cm³/mol. The molecule has 1 aliphatic heterocycles. The average molecular weight is 401 g/mol. The number of amides is 1. The molecule has 0 saturated carbocycles. The number of carbonyl (C=O) groups is 1. The van der Waals surface area contributed by atoms with Crippen LogP contribution in [-0.4, -0.2) is 50.6 Å². The van der Waals surface area contributed by atoms with Crippen molar-refractivity contribution in [1.29, 1.82) is 0 Å². The molecule has 2 aromatic heterocycles. The standard InChI is InChI=1S/C22H19N5O3/c1-2-29-18-8-7-14-5-3-4-6-16(14)19(18)22(28)27-12-15(13-27)21-25-20(26-30-21)17-11-23-9-10-24-17/h3-11,15H,2,12-13H2,1H3. The molecule has 0 atom stereocenters. The van der Waals surface area contributed by atoms with Crippen molar-refractivity contribution < 1.29 is 14.1 Å². The number of rotatable bonds is 5. The summed E-state index contributed by atoms with van der Waals surface area (Å²) in [6, 6.07) is 11.7. The molecule has 0 radical (unpaired) electrons. The maximum absolute atomic E-state index is 13.3. The molecule has 1 saturated heterocycles. The summed E-state index contributed by atoms with van der Waals surface area (Å²) in [6.07, 6.45) is 4.75. The van der Waals surface area contributed by atoms with Gasteiger partial charge in [-0.1, -0.05) is 35.5 Å². The highest BCUT2D eigenvalue weighted by Crippen LogP contribution is 2.34. The molecule has 2 aromatic carbocycles. The summed E-state index contributed by atoms with van der Waals surface area (Å²) in [5.41, 5.74) is 1.15. The number of aromatic nitrogens is 4. The van der Waals surface area contributed by atoms with Gasteiger partial charge in [0.15, 0.2) is 0 Å². The van der Waals surface area contributed by atoms with Crippen LogP contribution in [0.2, 0.25) is 0 Å². The van der Waals surface area contributed by atoms with Crippen LogP contribution in [0.4, 0.5) is 0 Å². The van der Waals surface area contributed by atoms with Crippen LogP contribution < -0.4 is 4.74 Å². The Morgan fingerprint density at radius 1 is 1.20 bits per heavy atom. The second-order valence-corrected chi connectivity index (χ2v) is 7.05. The topological polar surface area (TPSA) is 94.2 Å². The number of fused-ring (bicyclic) bond motifs is 1. The Balaban J connectivity index is 1.36. The van der Waals surface area contributed by atoms with Crippen LogP contribution in [0.15, 0.2) is 59.5 Å². The number of nitrogens with zero attached hydrogens (tertiary/aromatic N) is 5. The summed E-state index contributed by atoms with van der Waals surface area (Å²) in [6.45, 7) is 3.42. The summed E-state index contributed by atoms with van der Waals surface area (Å²) in [7, 11) is 0. The maximum atomic E-state index is 13.3. The van der Waals surface area contributed by atoms with Crippen LogP contribution in [0, 0.1) is 0 Å². The Morgan fingerprint density at radius 3 is 2.87 bits per heavy atom. The van der Waals surface area contributed by atoms with Crippen LogP contribution in [-0.2, 0) is 0 Å². The van der Waals surface area contributed by atoms with Gasteiger partial charge in [-0.3, -0.25) is 9.78 Å².